The van der Waals surface area contributed by atoms with Gasteiger partial charge in [-0.15, -0.1) is 0 Å². The lowest BCUT2D eigenvalue weighted by molar-refractivity contribution is -0.137. The maximum absolute atomic E-state index is 12.7. The number of hydrogen-bond donors (Lipinski definition) is 0. The van der Waals surface area contributed by atoms with Crippen LogP contribution >= 0.6 is 27.5 Å². The fourth-order valence-electron chi connectivity index (χ4n) is 2.13. The molecule has 0 aliphatic carbocycles. The van der Waals surface area contributed by atoms with Crippen molar-refractivity contribution in [3.8, 4) is 0 Å². The number of carbonyl (C=O) groups is 1. The second-order valence-electron chi connectivity index (χ2n) is 5.19. The Bertz CT molecular complexity index is 974. The number of nitrogens with zero attached hydrogens (tertiary/aromatic N) is 4. The van der Waals surface area contributed by atoms with E-state index in [4.69, 9.17) is 11.6 Å². The van der Waals surface area contributed by atoms with Gasteiger partial charge in [0.15, 0.2) is 10.1 Å². The molecule has 148 valence electrons. The highest BCUT2D eigenvalue weighted by Crippen LogP contribution is 2.34. The average molecular weight is 490 g/mol. The molecular weight excluding hydrogens is 477 g/mol. The van der Waals surface area contributed by atoms with Crippen LogP contribution in [0, 0.1) is 0 Å². The van der Waals surface area contributed by atoms with Crippen LogP contribution in [0.15, 0.2) is 33.0 Å². The highest BCUT2D eigenvalue weighted by atomic mass is 79.9. The number of pyridine rings is 1. The Morgan fingerprint density at radius 1 is 1.30 bits per heavy atom. The molecule has 2 rings (SSSR count). The largest absolute Gasteiger partial charge is 0.417 e. The van der Waals surface area contributed by atoms with E-state index in [2.05, 4.69) is 26.0 Å². The van der Waals surface area contributed by atoms with Crippen LogP contribution in [-0.2, 0) is 16.0 Å². The van der Waals surface area contributed by atoms with Crippen LogP contribution in [-0.4, -0.2) is 47.2 Å². The predicted molar refractivity (Wildman–Crippen MR) is 93.3 cm³/mol. The summed E-state index contributed by atoms with van der Waals surface area (Å²) in [7, 11) is -4.47. The summed E-state index contributed by atoms with van der Waals surface area (Å²) in [4.78, 5) is 17.1. The van der Waals surface area contributed by atoms with E-state index in [-0.39, 0.29) is 4.47 Å². The number of halogens is 5. The van der Waals surface area contributed by atoms with Crippen molar-refractivity contribution in [2.45, 2.75) is 30.1 Å². The number of aromatic nitrogens is 3. The molecule has 0 aliphatic rings. The molecule has 0 saturated carbocycles. The van der Waals surface area contributed by atoms with Crippen LogP contribution in [0.4, 0.5) is 18.0 Å². The Hall–Kier alpha value is -1.66. The molecule has 0 N–H and O–H groups in total. The van der Waals surface area contributed by atoms with E-state index in [0.29, 0.717) is 25.4 Å². The number of hydrogen-bond acceptors (Lipinski definition) is 5. The SMILES string of the molecule is CCN(CC)C(=O)n1cc(Br)c(S(=O)(=O)c2ncc(C(F)(F)F)cc2Cl)n1. The monoisotopic (exact) mass is 488 g/mol. The van der Waals surface area contributed by atoms with Crippen LogP contribution in [0.1, 0.15) is 19.4 Å². The highest BCUT2D eigenvalue weighted by Gasteiger charge is 2.35. The molecule has 2 heterocycles. The summed E-state index contributed by atoms with van der Waals surface area (Å²) in [6.45, 7) is 4.23. The first-order valence-corrected chi connectivity index (χ1v) is 10.1. The minimum atomic E-state index is -4.72. The smallest absolute Gasteiger partial charge is 0.323 e. The van der Waals surface area contributed by atoms with E-state index in [9.17, 15) is 26.4 Å². The van der Waals surface area contributed by atoms with Gasteiger partial charge in [-0.25, -0.2) is 18.2 Å². The molecule has 7 nitrogen and oxygen atoms in total. The van der Waals surface area contributed by atoms with Crippen molar-refractivity contribution in [1.82, 2.24) is 19.7 Å². The van der Waals surface area contributed by atoms with Gasteiger partial charge in [-0.1, -0.05) is 11.6 Å². The fraction of sp³-hybridized carbons (Fsp3) is 0.357. The molecular formula is C14H13BrClF3N4O3S. The summed E-state index contributed by atoms with van der Waals surface area (Å²) in [6, 6.07) is -0.0958. The summed E-state index contributed by atoms with van der Waals surface area (Å²) in [5.74, 6) is 0. The number of carbonyl (C=O) groups excluding carboxylic acids is 1. The fourth-order valence-corrected chi connectivity index (χ4v) is 4.70. The van der Waals surface area contributed by atoms with Crippen LogP contribution in [0.5, 0.6) is 0 Å². The van der Waals surface area contributed by atoms with Crippen LogP contribution < -0.4 is 0 Å². The molecule has 0 aromatic carbocycles. The van der Waals surface area contributed by atoms with Gasteiger partial charge in [0.1, 0.15) is 0 Å². The van der Waals surface area contributed by atoms with Gasteiger partial charge in [-0.2, -0.15) is 23.0 Å². The Balaban J connectivity index is 2.51. The van der Waals surface area contributed by atoms with Crippen molar-refractivity contribution in [2.75, 3.05) is 13.1 Å². The molecule has 0 fully saturated rings. The summed E-state index contributed by atoms with van der Waals surface area (Å²) in [5, 5.41) is 1.67. The van der Waals surface area contributed by atoms with Gasteiger partial charge in [0.2, 0.25) is 9.84 Å². The lowest BCUT2D eigenvalue weighted by Crippen LogP contribution is -2.34. The van der Waals surface area contributed by atoms with Gasteiger partial charge < -0.3 is 4.90 Å². The molecule has 0 bridgehead atoms. The third-order valence-electron chi connectivity index (χ3n) is 3.51. The lowest BCUT2D eigenvalue weighted by Gasteiger charge is -2.17. The van der Waals surface area contributed by atoms with Gasteiger partial charge in [-0.05, 0) is 35.8 Å². The predicted octanol–water partition coefficient (Wildman–Crippen LogP) is 3.86. The Kier molecular flexibility index (Phi) is 6.22. The minimum absolute atomic E-state index is 0.0548. The molecule has 0 radical (unpaired) electrons. The third kappa shape index (κ3) is 4.27. The molecule has 1 amide bonds. The van der Waals surface area contributed by atoms with E-state index in [1.165, 1.54) is 4.90 Å². The third-order valence-corrected chi connectivity index (χ3v) is 6.40. The van der Waals surface area contributed by atoms with Gasteiger partial charge in [0.05, 0.1) is 21.3 Å². The average Bonchev–Trinajstić information content (AvgIpc) is 2.97. The Labute approximate surface area is 166 Å². The van der Waals surface area contributed by atoms with Crippen molar-refractivity contribution in [1.29, 1.82) is 0 Å². The first-order chi connectivity index (χ1) is 12.4. The Morgan fingerprint density at radius 2 is 1.89 bits per heavy atom. The van der Waals surface area contributed by atoms with Crippen molar-refractivity contribution in [2.24, 2.45) is 0 Å². The number of amides is 1. The van der Waals surface area contributed by atoms with Crippen LogP contribution in [0.3, 0.4) is 0 Å². The van der Waals surface area contributed by atoms with Gasteiger partial charge in [0, 0.05) is 19.3 Å². The number of alkyl halides is 3. The molecule has 0 atom stereocenters. The molecule has 2 aromatic heterocycles. The quantitative estimate of drug-likeness (QED) is 0.651. The second kappa shape index (κ2) is 7.76. The van der Waals surface area contributed by atoms with Crippen molar-refractivity contribution in [3.05, 3.63) is 33.5 Å². The van der Waals surface area contributed by atoms with Gasteiger partial charge in [0.25, 0.3) is 0 Å². The zero-order valence-corrected chi connectivity index (χ0v) is 17.1. The van der Waals surface area contributed by atoms with Gasteiger partial charge >= 0.3 is 12.2 Å². The van der Waals surface area contributed by atoms with E-state index in [1.807, 2.05) is 0 Å². The second-order valence-corrected chi connectivity index (χ2v) is 8.24. The summed E-state index contributed by atoms with van der Waals surface area (Å²) >= 11 is 8.72. The topological polar surface area (TPSA) is 85.2 Å². The number of rotatable bonds is 4. The molecule has 27 heavy (non-hydrogen) atoms. The molecule has 0 aliphatic heterocycles. The zero-order chi connectivity index (χ0) is 20.6. The zero-order valence-electron chi connectivity index (χ0n) is 14.0. The lowest BCUT2D eigenvalue weighted by atomic mass is 10.3. The van der Waals surface area contributed by atoms with E-state index >= 15 is 0 Å². The molecule has 0 unspecified atom stereocenters. The van der Waals surface area contributed by atoms with Crippen molar-refractivity contribution >= 4 is 43.4 Å². The summed E-state index contributed by atoms with van der Waals surface area (Å²) in [6.07, 6.45) is -3.21. The van der Waals surface area contributed by atoms with Gasteiger partial charge in [-0.3, -0.25) is 0 Å². The molecule has 2 aromatic rings. The van der Waals surface area contributed by atoms with E-state index in [0.717, 1.165) is 10.9 Å². The van der Waals surface area contributed by atoms with E-state index < -0.39 is 42.7 Å². The van der Waals surface area contributed by atoms with Crippen LogP contribution in [0.2, 0.25) is 5.02 Å². The highest BCUT2D eigenvalue weighted by molar-refractivity contribution is 9.10. The first kappa shape index (κ1) is 21.6. The normalized spacial score (nSPS) is 12.3. The maximum Gasteiger partial charge on any atom is 0.417 e. The minimum Gasteiger partial charge on any atom is -0.323 e. The van der Waals surface area contributed by atoms with Crippen molar-refractivity contribution < 1.29 is 26.4 Å². The molecule has 0 spiro atoms. The van der Waals surface area contributed by atoms with E-state index in [1.54, 1.807) is 13.8 Å². The van der Waals surface area contributed by atoms with Crippen molar-refractivity contribution in [3.63, 3.8) is 0 Å². The van der Waals surface area contributed by atoms with Crippen LogP contribution in [0.25, 0.3) is 0 Å². The summed E-state index contributed by atoms with van der Waals surface area (Å²) < 4.78 is 64.3. The molecule has 13 heteroatoms. The number of sulfone groups is 1. The standard InChI is InChI=1S/C14H13BrClF3N4O3S/c1-3-22(4-2)13(24)23-7-9(15)11(21-23)27(25,26)12-10(16)5-8(6-20-12)14(17,18)19/h5-7H,3-4H2,1-2H3. The Morgan fingerprint density at radius 3 is 2.37 bits per heavy atom. The maximum atomic E-state index is 12.7. The summed E-state index contributed by atoms with van der Waals surface area (Å²) in [5.41, 5.74) is -1.19. The molecule has 0 saturated heterocycles. The first-order valence-electron chi connectivity index (χ1n) is 7.45.